The van der Waals surface area contributed by atoms with Crippen LogP contribution in [0.1, 0.15) is 0 Å². The van der Waals surface area contributed by atoms with Gasteiger partial charge in [-0.25, -0.2) is 22.7 Å². The molecule has 0 amide bonds. The van der Waals surface area contributed by atoms with Crippen LogP contribution in [-0.4, -0.2) is 38.9 Å². The molecule has 4 rings (SSSR count). The largest absolute Gasteiger partial charge is 0.497 e. The monoisotopic (exact) mass is 484 g/mol. The minimum atomic E-state index is -3.81. The number of methoxy groups -OCH3 is 2. The number of hydrogen-bond donors (Lipinski definition) is 1. The number of anilines is 4. The number of rotatable bonds is 7. The first-order valence-corrected chi connectivity index (χ1v) is 12.0. The number of hydrogen-bond acceptors (Lipinski definition) is 7. The van der Waals surface area contributed by atoms with Gasteiger partial charge in [-0.3, -0.25) is 0 Å². The van der Waals surface area contributed by atoms with Gasteiger partial charge in [-0.1, -0.05) is 29.8 Å². The highest BCUT2D eigenvalue weighted by Gasteiger charge is 2.26. The van der Waals surface area contributed by atoms with E-state index >= 15 is 0 Å². The van der Waals surface area contributed by atoms with Crippen LogP contribution in [0.4, 0.5) is 23.0 Å². The van der Waals surface area contributed by atoms with Gasteiger partial charge in [0.05, 0.1) is 37.2 Å². The van der Waals surface area contributed by atoms with Crippen molar-refractivity contribution in [3.8, 4) is 11.5 Å². The number of nitrogens with one attached hydrogen (secondary N) is 1. The van der Waals surface area contributed by atoms with E-state index in [2.05, 4.69) is 15.3 Å². The second-order valence-electron chi connectivity index (χ2n) is 7.12. The van der Waals surface area contributed by atoms with Crippen LogP contribution in [0.15, 0.2) is 66.7 Å². The first-order valence-electron chi connectivity index (χ1n) is 9.81. The smallest absolute Gasteiger partial charge is 0.237 e. The lowest BCUT2D eigenvalue weighted by atomic mass is 10.2. The van der Waals surface area contributed by atoms with E-state index in [0.29, 0.717) is 38.9 Å². The van der Waals surface area contributed by atoms with Gasteiger partial charge in [0.2, 0.25) is 10.0 Å². The zero-order chi connectivity index (χ0) is 23.6. The first-order chi connectivity index (χ1) is 15.8. The molecule has 10 heteroatoms. The van der Waals surface area contributed by atoms with Crippen LogP contribution < -0.4 is 19.1 Å². The Labute approximate surface area is 196 Å². The van der Waals surface area contributed by atoms with Gasteiger partial charge in [0.25, 0.3) is 0 Å². The van der Waals surface area contributed by atoms with Crippen molar-refractivity contribution in [2.24, 2.45) is 0 Å². The van der Waals surface area contributed by atoms with E-state index in [1.165, 1.54) is 0 Å². The molecule has 170 valence electrons. The van der Waals surface area contributed by atoms with Crippen LogP contribution in [-0.2, 0) is 10.0 Å². The fraction of sp³-hybridized carbons (Fsp3) is 0.130. The third-order valence-electron chi connectivity index (χ3n) is 4.73. The van der Waals surface area contributed by atoms with Gasteiger partial charge >= 0.3 is 0 Å². The third-order valence-corrected chi connectivity index (χ3v) is 6.02. The number of sulfonamides is 1. The maximum absolute atomic E-state index is 12.9. The number of fused-ring (bicyclic) bond motifs is 1. The summed E-state index contributed by atoms with van der Waals surface area (Å²) >= 11 is 6.16. The summed E-state index contributed by atoms with van der Waals surface area (Å²) in [6, 6.07) is 19.0. The van der Waals surface area contributed by atoms with Crippen LogP contribution in [0.3, 0.4) is 0 Å². The summed E-state index contributed by atoms with van der Waals surface area (Å²) in [6.45, 7) is 0. The van der Waals surface area contributed by atoms with E-state index in [0.717, 1.165) is 10.6 Å². The van der Waals surface area contributed by atoms with Crippen LogP contribution >= 0.6 is 11.6 Å². The molecule has 1 aromatic heterocycles. The molecule has 0 unspecified atom stereocenters. The molecular formula is C23H21ClN4O4S. The summed E-state index contributed by atoms with van der Waals surface area (Å²) in [5.41, 5.74) is 2.05. The van der Waals surface area contributed by atoms with Crippen molar-refractivity contribution in [1.82, 2.24) is 9.97 Å². The lowest BCUT2D eigenvalue weighted by Crippen LogP contribution is -2.26. The molecule has 0 spiro atoms. The van der Waals surface area contributed by atoms with E-state index < -0.39 is 10.0 Å². The maximum Gasteiger partial charge on any atom is 0.237 e. The van der Waals surface area contributed by atoms with Gasteiger partial charge < -0.3 is 14.8 Å². The molecule has 0 atom stereocenters. The average molecular weight is 485 g/mol. The van der Waals surface area contributed by atoms with Crippen LogP contribution in [0, 0.1) is 0 Å². The molecule has 33 heavy (non-hydrogen) atoms. The van der Waals surface area contributed by atoms with Crippen LogP contribution in [0.2, 0.25) is 5.02 Å². The van der Waals surface area contributed by atoms with Gasteiger partial charge in [-0.05, 0) is 30.3 Å². The number of ether oxygens (including phenoxy) is 2. The molecule has 4 aromatic rings. The van der Waals surface area contributed by atoms with Crippen molar-refractivity contribution in [1.29, 1.82) is 0 Å². The van der Waals surface area contributed by atoms with E-state index in [9.17, 15) is 8.42 Å². The number of para-hydroxylation sites is 2. The van der Waals surface area contributed by atoms with Gasteiger partial charge in [-0.15, -0.1) is 0 Å². The highest BCUT2D eigenvalue weighted by Crippen LogP contribution is 2.37. The SMILES string of the molecule is COc1cc(Nc2nc3ccccc3nc2N(c2cccc(Cl)c2)S(C)(=O)=O)cc(OC)c1. The second kappa shape index (κ2) is 9.13. The molecule has 0 saturated carbocycles. The van der Waals surface area contributed by atoms with Crippen molar-refractivity contribution in [2.75, 3.05) is 30.1 Å². The fourth-order valence-electron chi connectivity index (χ4n) is 3.31. The Morgan fingerprint density at radius 2 is 1.52 bits per heavy atom. The summed E-state index contributed by atoms with van der Waals surface area (Å²) in [6.07, 6.45) is 1.10. The predicted molar refractivity (Wildman–Crippen MR) is 131 cm³/mol. The van der Waals surface area contributed by atoms with Crippen molar-refractivity contribution in [3.63, 3.8) is 0 Å². The molecule has 0 aliphatic rings. The van der Waals surface area contributed by atoms with Crippen molar-refractivity contribution in [2.45, 2.75) is 0 Å². The molecule has 0 aliphatic carbocycles. The highest BCUT2D eigenvalue weighted by molar-refractivity contribution is 7.92. The van der Waals surface area contributed by atoms with Gasteiger partial charge in [0, 0.05) is 28.9 Å². The summed E-state index contributed by atoms with van der Waals surface area (Å²) in [5, 5.41) is 3.57. The highest BCUT2D eigenvalue weighted by atomic mass is 35.5. The van der Waals surface area contributed by atoms with Gasteiger partial charge in [0.1, 0.15) is 11.5 Å². The molecule has 3 aromatic carbocycles. The molecular weight excluding hydrogens is 464 g/mol. The lowest BCUT2D eigenvalue weighted by Gasteiger charge is -2.24. The lowest BCUT2D eigenvalue weighted by molar-refractivity contribution is 0.395. The van der Waals surface area contributed by atoms with Crippen molar-refractivity contribution < 1.29 is 17.9 Å². The summed E-state index contributed by atoms with van der Waals surface area (Å²) in [5.74, 6) is 1.44. The number of benzene rings is 3. The fourth-order valence-corrected chi connectivity index (χ4v) is 4.43. The molecule has 0 bridgehead atoms. The quantitative estimate of drug-likeness (QED) is 0.388. The Kier molecular flexibility index (Phi) is 6.26. The van der Waals surface area contributed by atoms with E-state index in [1.54, 1.807) is 68.8 Å². The Balaban J connectivity index is 1.95. The molecule has 8 nitrogen and oxygen atoms in total. The average Bonchev–Trinajstić information content (AvgIpc) is 2.78. The first kappa shape index (κ1) is 22.6. The molecule has 0 radical (unpaired) electrons. The minimum absolute atomic E-state index is 0.0975. The van der Waals surface area contributed by atoms with Crippen LogP contribution in [0.5, 0.6) is 11.5 Å². The zero-order valence-electron chi connectivity index (χ0n) is 18.1. The van der Waals surface area contributed by atoms with Crippen LogP contribution in [0.25, 0.3) is 11.0 Å². The van der Waals surface area contributed by atoms with E-state index in [4.69, 9.17) is 21.1 Å². The topological polar surface area (TPSA) is 93.6 Å². The zero-order valence-corrected chi connectivity index (χ0v) is 19.7. The predicted octanol–water partition coefficient (Wildman–Crippen LogP) is 5.14. The molecule has 1 N–H and O–H groups in total. The van der Waals surface area contributed by atoms with Gasteiger partial charge in [0.15, 0.2) is 11.6 Å². The van der Waals surface area contributed by atoms with Crippen molar-refractivity contribution in [3.05, 3.63) is 71.8 Å². The second-order valence-corrected chi connectivity index (χ2v) is 9.39. The van der Waals surface area contributed by atoms with Gasteiger partial charge in [-0.2, -0.15) is 0 Å². The molecule has 0 aliphatic heterocycles. The Hall–Kier alpha value is -3.56. The standard InChI is InChI=1S/C23H21ClN4O4S/c1-31-18-12-16(13-19(14-18)32-2)25-22-23(27-21-10-5-4-9-20(21)26-22)28(33(3,29)30)17-8-6-7-15(24)11-17/h4-14H,1-3H3,(H,25,26). The van der Waals surface area contributed by atoms with Crippen molar-refractivity contribution >= 4 is 55.7 Å². The Morgan fingerprint density at radius 1 is 0.879 bits per heavy atom. The molecule has 1 heterocycles. The number of halogens is 1. The normalized spacial score (nSPS) is 11.3. The Morgan fingerprint density at radius 3 is 2.09 bits per heavy atom. The summed E-state index contributed by atoms with van der Waals surface area (Å²) in [4.78, 5) is 9.31. The minimum Gasteiger partial charge on any atom is -0.497 e. The van der Waals surface area contributed by atoms with E-state index in [1.807, 2.05) is 12.1 Å². The number of aromatic nitrogens is 2. The number of nitrogens with zero attached hydrogens (tertiary/aromatic N) is 3. The summed E-state index contributed by atoms with van der Waals surface area (Å²) in [7, 11) is -0.722. The summed E-state index contributed by atoms with van der Waals surface area (Å²) < 4.78 is 37.7. The third kappa shape index (κ3) is 4.94. The molecule has 0 fully saturated rings. The van der Waals surface area contributed by atoms with E-state index in [-0.39, 0.29) is 11.6 Å². The Bertz CT molecular complexity index is 1410. The molecule has 0 saturated heterocycles. The maximum atomic E-state index is 12.9.